The summed E-state index contributed by atoms with van der Waals surface area (Å²) < 4.78 is 35.1. The third-order valence-corrected chi connectivity index (χ3v) is 8.86. The number of primary amides is 1. The van der Waals surface area contributed by atoms with Crippen LogP contribution in [-0.2, 0) is 6.54 Å². The van der Waals surface area contributed by atoms with Crippen LogP contribution in [0, 0.1) is 18.6 Å². The lowest BCUT2D eigenvalue weighted by Crippen LogP contribution is -2.41. The number of aryl methyl sites for hydroxylation is 1. The van der Waals surface area contributed by atoms with E-state index in [9.17, 15) is 18.4 Å². The van der Waals surface area contributed by atoms with E-state index >= 15 is 0 Å². The molecule has 0 radical (unpaired) electrons. The molecule has 0 bridgehead atoms. The predicted molar refractivity (Wildman–Crippen MR) is 150 cm³/mol. The molecule has 0 atom stereocenters. The molecule has 1 aliphatic rings. The number of amides is 2. The van der Waals surface area contributed by atoms with Crippen molar-refractivity contribution in [3.63, 3.8) is 0 Å². The molecule has 0 unspecified atom stereocenters. The molecular weight excluding hydrogens is 518 g/mol. The Kier molecular flexibility index (Phi) is 7.66. The lowest BCUT2D eigenvalue weighted by Gasteiger charge is -2.35. The SMILES string of the molecule is COc1ccc(-c2ccc(C(N)=O)cc2)cc1CN(C(=O)c1sc2c(F)ccc(F)c2c1C)C1CCCCC1. The highest BCUT2D eigenvalue weighted by atomic mass is 32.1. The van der Waals surface area contributed by atoms with Crippen LogP contribution < -0.4 is 10.5 Å². The van der Waals surface area contributed by atoms with Crippen LogP contribution >= 0.6 is 11.3 Å². The highest BCUT2D eigenvalue weighted by molar-refractivity contribution is 7.21. The second kappa shape index (κ2) is 11.1. The molecule has 0 aliphatic heterocycles. The fourth-order valence-corrected chi connectivity index (χ4v) is 6.64. The van der Waals surface area contributed by atoms with Gasteiger partial charge in [0.25, 0.3) is 5.91 Å². The number of nitrogens with two attached hydrogens (primary N) is 1. The molecule has 1 saturated carbocycles. The van der Waals surface area contributed by atoms with Crippen LogP contribution in [0.15, 0.2) is 54.6 Å². The van der Waals surface area contributed by atoms with Gasteiger partial charge in [0.2, 0.25) is 5.91 Å². The van der Waals surface area contributed by atoms with Crippen LogP contribution in [-0.4, -0.2) is 29.9 Å². The number of rotatable bonds is 7. The molecule has 1 aromatic heterocycles. The summed E-state index contributed by atoms with van der Waals surface area (Å²) in [6.45, 7) is 1.98. The number of carbonyl (C=O) groups excluding carboxylic acids is 2. The van der Waals surface area contributed by atoms with Crippen LogP contribution in [0.1, 0.15) is 63.3 Å². The lowest BCUT2D eigenvalue weighted by atomic mass is 9.93. The van der Waals surface area contributed by atoms with E-state index in [-0.39, 0.29) is 22.0 Å². The van der Waals surface area contributed by atoms with Gasteiger partial charge in [0, 0.05) is 29.1 Å². The van der Waals surface area contributed by atoms with Gasteiger partial charge in [0.1, 0.15) is 17.4 Å². The van der Waals surface area contributed by atoms with Gasteiger partial charge in [-0.2, -0.15) is 0 Å². The van der Waals surface area contributed by atoms with Crippen LogP contribution in [0.4, 0.5) is 8.78 Å². The molecule has 5 nitrogen and oxygen atoms in total. The van der Waals surface area contributed by atoms with E-state index in [1.54, 1.807) is 26.2 Å². The van der Waals surface area contributed by atoms with Crippen molar-refractivity contribution in [2.75, 3.05) is 7.11 Å². The summed E-state index contributed by atoms with van der Waals surface area (Å²) in [6, 6.07) is 15.0. The van der Waals surface area contributed by atoms with Crippen LogP contribution in [0.2, 0.25) is 0 Å². The molecule has 2 N–H and O–H groups in total. The third kappa shape index (κ3) is 5.26. The molecule has 1 aliphatic carbocycles. The molecule has 1 heterocycles. The molecule has 39 heavy (non-hydrogen) atoms. The van der Waals surface area contributed by atoms with Gasteiger partial charge in [-0.05, 0) is 72.9 Å². The van der Waals surface area contributed by atoms with Gasteiger partial charge >= 0.3 is 0 Å². The first kappa shape index (κ1) is 26.8. The first-order valence-electron chi connectivity index (χ1n) is 13.0. The number of methoxy groups -OCH3 is 1. The number of hydrogen-bond acceptors (Lipinski definition) is 4. The average Bonchev–Trinajstić information content (AvgIpc) is 3.32. The number of benzene rings is 3. The Morgan fingerprint density at radius 1 is 0.974 bits per heavy atom. The molecule has 8 heteroatoms. The minimum absolute atomic E-state index is 0.00812. The van der Waals surface area contributed by atoms with Gasteiger partial charge in [0.05, 0.1) is 16.7 Å². The summed E-state index contributed by atoms with van der Waals surface area (Å²) in [5.74, 6) is -1.13. The Labute approximate surface area is 230 Å². The maximum absolute atomic E-state index is 14.7. The molecule has 2 amide bonds. The average molecular weight is 549 g/mol. The number of ether oxygens (including phenoxy) is 1. The number of halogens is 2. The largest absolute Gasteiger partial charge is 0.496 e. The number of carbonyl (C=O) groups is 2. The summed E-state index contributed by atoms with van der Waals surface area (Å²) in [4.78, 5) is 27.8. The van der Waals surface area contributed by atoms with E-state index in [0.29, 0.717) is 28.3 Å². The Balaban J connectivity index is 1.55. The molecule has 202 valence electrons. The molecule has 0 spiro atoms. The smallest absolute Gasteiger partial charge is 0.264 e. The highest BCUT2D eigenvalue weighted by Crippen LogP contribution is 2.37. The van der Waals surface area contributed by atoms with Gasteiger partial charge in [-0.25, -0.2) is 8.78 Å². The number of nitrogens with zero attached hydrogens (tertiary/aromatic N) is 1. The van der Waals surface area contributed by atoms with Crippen molar-refractivity contribution in [3.05, 3.63) is 87.8 Å². The van der Waals surface area contributed by atoms with E-state index in [0.717, 1.165) is 72.3 Å². The van der Waals surface area contributed by atoms with E-state index in [2.05, 4.69) is 0 Å². The summed E-state index contributed by atoms with van der Waals surface area (Å²) in [7, 11) is 1.59. The maximum atomic E-state index is 14.7. The molecular formula is C31H30F2N2O3S. The fraction of sp³-hybridized carbons (Fsp3) is 0.290. The fourth-order valence-electron chi connectivity index (χ4n) is 5.46. The summed E-state index contributed by atoms with van der Waals surface area (Å²) in [5.41, 5.74) is 8.89. The Bertz CT molecular complexity index is 1540. The van der Waals surface area contributed by atoms with Gasteiger partial charge in [-0.15, -0.1) is 11.3 Å². The minimum Gasteiger partial charge on any atom is -0.496 e. The minimum atomic E-state index is -0.528. The van der Waals surface area contributed by atoms with Gasteiger partial charge in [0.15, 0.2) is 0 Å². The van der Waals surface area contributed by atoms with Crippen molar-refractivity contribution in [1.82, 2.24) is 4.90 Å². The quantitative estimate of drug-likeness (QED) is 0.265. The monoisotopic (exact) mass is 548 g/mol. The Morgan fingerprint density at radius 3 is 2.28 bits per heavy atom. The number of thiophene rings is 1. The second-order valence-electron chi connectivity index (χ2n) is 9.98. The summed E-state index contributed by atoms with van der Waals surface area (Å²) >= 11 is 1.01. The van der Waals surface area contributed by atoms with Gasteiger partial charge in [-0.3, -0.25) is 9.59 Å². The van der Waals surface area contributed by atoms with Crippen molar-refractivity contribution in [2.45, 2.75) is 51.6 Å². The van der Waals surface area contributed by atoms with Gasteiger partial charge in [-0.1, -0.05) is 37.5 Å². The third-order valence-electron chi connectivity index (χ3n) is 7.57. The van der Waals surface area contributed by atoms with Crippen LogP contribution in [0.5, 0.6) is 5.75 Å². The lowest BCUT2D eigenvalue weighted by molar-refractivity contribution is 0.0617. The van der Waals surface area contributed by atoms with Gasteiger partial charge < -0.3 is 15.4 Å². The van der Waals surface area contributed by atoms with E-state index in [1.807, 2.05) is 35.2 Å². The van der Waals surface area contributed by atoms with Crippen LogP contribution in [0.3, 0.4) is 0 Å². The first-order chi connectivity index (χ1) is 18.8. The maximum Gasteiger partial charge on any atom is 0.264 e. The molecule has 5 rings (SSSR count). The molecule has 0 saturated heterocycles. The van der Waals surface area contributed by atoms with Crippen molar-refractivity contribution in [3.8, 4) is 16.9 Å². The second-order valence-corrected chi connectivity index (χ2v) is 11.0. The number of fused-ring (bicyclic) bond motifs is 1. The Morgan fingerprint density at radius 2 is 1.64 bits per heavy atom. The zero-order valence-electron chi connectivity index (χ0n) is 21.9. The predicted octanol–water partition coefficient (Wildman–Crippen LogP) is 7.24. The first-order valence-corrected chi connectivity index (χ1v) is 13.9. The number of hydrogen-bond donors (Lipinski definition) is 1. The van der Waals surface area contributed by atoms with E-state index in [1.165, 1.54) is 0 Å². The topological polar surface area (TPSA) is 72.6 Å². The molecule has 4 aromatic rings. The summed E-state index contributed by atoms with van der Waals surface area (Å²) in [6.07, 6.45) is 4.90. The van der Waals surface area contributed by atoms with E-state index in [4.69, 9.17) is 10.5 Å². The van der Waals surface area contributed by atoms with Crippen molar-refractivity contribution in [1.29, 1.82) is 0 Å². The standard InChI is InChI=1S/C31H30F2N2O3S/c1-18-27-24(32)13-14-25(33)29(27)39-28(18)31(37)35(23-6-4-3-5-7-23)17-22-16-21(12-15-26(22)38-2)19-8-10-20(11-9-19)30(34)36/h8-16,23H,3-7,17H2,1-2H3,(H2,34,36). The molecule has 1 fully saturated rings. The zero-order chi connectivity index (χ0) is 27.7. The highest BCUT2D eigenvalue weighted by Gasteiger charge is 2.31. The van der Waals surface area contributed by atoms with Crippen molar-refractivity contribution < 1.29 is 23.1 Å². The normalized spacial score (nSPS) is 13.9. The zero-order valence-corrected chi connectivity index (χ0v) is 22.7. The van der Waals surface area contributed by atoms with E-state index < -0.39 is 17.5 Å². The van der Waals surface area contributed by atoms with Crippen LogP contribution in [0.25, 0.3) is 21.2 Å². The Hall–Kier alpha value is -3.78. The van der Waals surface area contributed by atoms with Crippen molar-refractivity contribution >= 4 is 33.2 Å². The summed E-state index contributed by atoms with van der Waals surface area (Å²) in [5, 5.41) is 0.172. The van der Waals surface area contributed by atoms with Crippen molar-refractivity contribution in [2.24, 2.45) is 5.73 Å². The molecule has 3 aromatic carbocycles.